The molecular formula is C14H12BrF3N2. The molecule has 3 N–H and O–H groups in total. The molecule has 0 aliphatic heterocycles. The number of hydrogen-bond donors (Lipinski definition) is 2. The van der Waals surface area contributed by atoms with Crippen molar-refractivity contribution < 1.29 is 13.2 Å². The summed E-state index contributed by atoms with van der Waals surface area (Å²) in [4.78, 5) is 0. The van der Waals surface area contributed by atoms with Crippen LogP contribution in [0.15, 0.2) is 46.9 Å². The Balaban J connectivity index is 2.21. The summed E-state index contributed by atoms with van der Waals surface area (Å²) in [5.41, 5.74) is 7.15. The Hall–Kier alpha value is -1.53. The highest BCUT2D eigenvalue weighted by molar-refractivity contribution is 9.10. The van der Waals surface area contributed by atoms with E-state index in [4.69, 9.17) is 5.73 Å². The van der Waals surface area contributed by atoms with Gasteiger partial charge in [-0.15, -0.1) is 0 Å². The third kappa shape index (κ3) is 3.52. The largest absolute Gasteiger partial charge is 0.416 e. The van der Waals surface area contributed by atoms with Crippen molar-refractivity contribution in [2.24, 2.45) is 5.73 Å². The van der Waals surface area contributed by atoms with Crippen molar-refractivity contribution in [2.45, 2.75) is 12.7 Å². The second-order valence-electron chi connectivity index (χ2n) is 4.22. The number of anilines is 2. The molecule has 0 unspecified atom stereocenters. The fraction of sp³-hybridized carbons (Fsp3) is 0.143. The van der Waals surface area contributed by atoms with Crippen LogP contribution < -0.4 is 11.1 Å². The molecular weight excluding hydrogens is 333 g/mol. The lowest BCUT2D eigenvalue weighted by Crippen LogP contribution is -2.05. The van der Waals surface area contributed by atoms with Gasteiger partial charge in [-0.25, -0.2) is 0 Å². The van der Waals surface area contributed by atoms with Gasteiger partial charge >= 0.3 is 6.18 Å². The molecule has 2 rings (SSSR count). The van der Waals surface area contributed by atoms with Crippen LogP contribution in [0.25, 0.3) is 0 Å². The van der Waals surface area contributed by atoms with E-state index in [1.54, 1.807) is 0 Å². The first-order valence-corrected chi connectivity index (χ1v) is 6.62. The number of nitrogens with two attached hydrogens (primary N) is 1. The monoisotopic (exact) mass is 344 g/mol. The van der Waals surface area contributed by atoms with Gasteiger partial charge in [-0.2, -0.15) is 13.2 Å². The Bertz CT molecular complexity index is 594. The molecule has 0 radical (unpaired) electrons. The lowest BCUT2D eigenvalue weighted by molar-refractivity contribution is -0.137. The Morgan fingerprint density at radius 2 is 1.70 bits per heavy atom. The van der Waals surface area contributed by atoms with Crippen LogP contribution in [0.4, 0.5) is 24.5 Å². The Morgan fingerprint density at radius 3 is 2.20 bits per heavy atom. The number of hydrogen-bond acceptors (Lipinski definition) is 2. The molecule has 0 saturated carbocycles. The Kier molecular flexibility index (Phi) is 4.35. The summed E-state index contributed by atoms with van der Waals surface area (Å²) in [6.45, 7) is 0.449. The van der Waals surface area contributed by atoms with Crippen molar-refractivity contribution >= 4 is 27.3 Å². The highest BCUT2D eigenvalue weighted by atomic mass is 79.9. The van der Waals surface area contributed by atoms with Gasteiger partial charge in [-0.1, -0.05) is 12.1 Å². The topological polar surface area (TPSA) is 38.0 Å². The van der Waals surface area contributed by atoms with E-state index >= 15 is 0 Å². The van der Waals surface area contributed by atoms with Gasteiger partial charge in [0.15, 0.2) is 0 Å². The van der Waals surface area contributed by atoms with Crippen molar-refractivity contribution in [3.05, 3.63) is 58.1 Å². The zero-order valence-electron chi connectivity index (χ0n) is 10.3. The molecule has 0 bridgehead atoms. The Morgan fingerprint density at radius 1 is 1.05 bits per heavy atom. The van der Waals surface area contributed by atoms with E-state index in [0.717, 1.165) is 23.4 Å². The van der Waals surface area contributed by atoms with Gasteiger partial charge in [0, 0.05) is 16.7 Å². The van der Waals surface area contributed by atoms with Crippen molar-refractivity contribution in [2.75, 3.05) is 5.32 Å². The van der Waals surface area contributed by atoms with E-state index in [1.165, 1.54) is 6.07 Å². The maximum Gasteiger partial charge on any atom is 0.416 e. The maximum absolute atomic E-state index is 12.6. The number of rotatable bonds is 3. The molecule has 106 valence electrons. The van der Waals surface area contributed by atoms with Crippen molar-refractivity contribution in [1.82, 2.24) is 0 Å². The molecule has 0 atom stereocenters. The molecule has 0 fully saturated rings. The Labute approximate surface area is 122 Å². The van der Waals surface area contributed by atoms with Gasteiger partial charge in [-0.05, 0) is 51.8 Å². The minimum Gasteiger partial charge on any atom is -0.355 e. The predicted molar refractivity (Wildman–Crippen MR) is 76.8 cm³/mol. The molecule has 0 heterocycles. The van der Waals surface area contributed by atoms with Crippen LogP contribution in [-0.4, -0.2) is 0 Å². The second-order valence-corrected chi connectivity index (χ2v) is 5.07. The molecule has 0 aliphatic rings. The summed E-state index contributed by atoms with van der Waals surface area (Å²) < 4.78 is 38.0. The molecule has 2 aromatic carbocycles. The summed E-state index contributed by atoms with van der Waals surface area (Å²) in [7, 11) is 0. The molecule has 0 amide bonds. The molecule has 20 heavy (non-hydrogen) atoms. The lowest BCUT2D eigenvalue weighted by atomic mass is 10.2. The normalized spacial score (nSPS) is 11.4. The quantitative estimate of drug-likeness (QED) is 0.848. The average molecular weight is 345 g/mol. The molecule has 2 aromatic rings. The van der Waals surface area contributed by atoms with Gasteiger partial charge in [0.25, 0.3) is 0 Å². The smallest absolute Gasteiger partial charge is 0.355 e. The molecule has 0 aromatic heterocycles. The third-order valence-electron chi connectivity index (χ3n) is 2.77. The van der Waals surface area contributed by atoms with Gasteiger partial charge in [0.2, 0.25) is 0 Å². The van der Waals surface area contributed by atoms with Crippen LogP contribution in [0, 0.1) is 0 Å². The second kappa shape index (κ2) is 5.85. The summed E-state index contributed by atoms with van der Waals surface area (Å²) in [5.74, 6) is 0. The van der Waals surface area contributed by atoms with Gasteiger partial charge in [0.1, 0.15) is 0 Å². The minimum atomic E-state index is -4.34. The predicted octanol–water partition coefficient (Wildman–Crippen LogP) is 4.67. The van der Waals surface area contributed by atoms with Crippen LogP contribution in [0.2, 0.25) is 0 Å². The average Bonchev–Trinajstić information content (AvgIpc) is 2.41. The fourth-order valence-corrected chi connectivity index (χ4v) is 2.15. The van der Waals surface area contributed by atoms with Crippen LogP contribution in [-0.2, 0) is 12.7 Å². The first-order chi connectivity index (χ1) is 9.40. The number of nitrogens with one attached hydrogen (secondary N) is 1. The molecule has 2 nitrogen and oxygen atoms in total. The van der Waals surface area contributed by atoms with Crippen molar-refractivity contribution in [1.29, 1.82) is 0 Å². The zero-order chi connectivity index (χ0) is 14.8. The highest BCUT2D eigenvalue weighted by Crippen LogP contribution is 2.34. The fourth-order valence-electron chi connectivity index (χ4n) is 1.67. The first kappa shape index (κ1) is 14.9. The van der Waals surface area contributed by atoms with Gasteiger partial charge in [0.05, 0.1) is 11.3 Å². The standard InChI is InChI=1S/C14H12BrF3N2/c15-12-7-10(14(16,17)18)3-6-13(12)20-11-4-1-9(8-19)2-5-11/h1-7,20H,8,19H2. The van der Waals surface area contributed by atoms with Crippen LogP contribution >= 0.6 is 15.9 Å². The van der Waals surface area contributed by atoms with E-state index in [9.17, 15) is 13.2 Å². The van der Waals surface area contributed by atoms with E-state index in [2.05, 4.69) is 21.2 Å². The number of halogens is 4. The van der Waals surface area contributed by atoms with Gasteiger partial charge in [-0.3, -0.25) is 0 Å². The SMILES string of the molecule is NCc1ccc(Nc2ccc(C(F)(F)F)cc2Br)cc1. The first-order valence-electron chi connectivity index (χ1n) is 5.83. The number of alkyl halides is 3. The van der Waals surface area contributed by atoms with Gasteiger partial charge < -0.3 is 11.1 Å². The van der Waals surface area contributed by atoms with E-state index in [0.29, 0.717) is 16.7 Å². The molecule has 0 aliphatic carbocycles. The lowest BCUT2D eigenvalue weighted by Gasteiger charge is -2.12. The van der Waals surface area contributed by atoms with Crippen LogP contribution in [0.3, 0.4) is 0 Å². The van der Waals surface area contributed by atoms with Crippen LogP contribution in [0.5, 0.6) is 0 Å². The molecule has 0 saturated heterocycles. The zero-order valence-corrected chi connectivity index (χ0v) is 11.9. The van der Waals surface area contributed by atoms with E-state index in [1.807, 2.05) is 24.3 Å². The molecule has 0 spiro atoms. The van der Waals surface area contributed by atoms with E-state index < -0.39 is 11.7 Å². The summed E-state index contributed by atoms with van der Waals surface area (Å²) in [6.07, 6.45) is -4.34. The van der Waals surface area contributed by atoms with Crippen molar-refractivity contribution in [3.63, 3.8) is 0 Å². The highest BCUT2D eigenvalue weighted by Gasteiger charge is 2.30. The summed E-state index contributed by atoms with van der Waals surface area (Å²) in [5, 5.41) is 3.05. The maximum atomic E-state index is 12.6. The summed E-state index contributed by atoms with van der Waals surface area (Å²) in [6, 6.07) is 10.9. The van der Waals surface area contributed by atoms with Crippen LogP contribution in [0.1, 0.15) is 11.1 Å². The van der Waals surface area contributed by atoms with Crippen molar-refractivity contribution in [3.8, 4) is 0 Å². The molecule has 6 heteroatoms. The minimum absolute atomic E-state index is 0.357. The third-order valence-corrected chi connectivity index (χ3v) is 3.42. The number of benzene rings is 2. The summed E-state index contributed by atoms with van der Waals surface area (Å²) >= 11 is 3.14. The van der Waals surface area contributed by atoms with E-state index in [-0.39, 0.29) is 0 Å².